The van der Waals surface area contributed by atoms with Gasteiger partial charge >= 0.3 is 0 Å². The van der Waals surface area contributed by atoms with Crippen LogP contribution in [0.15, 0.2) is 30.6 Å². The SMILES string of the molecule is Cc1c(-c2ccc(F)cc2)[nH]cnc1=S. The highest BCUT2D eigenvalue weighted by Crippen LogP contribution is 2.20. The normalized spacial score (nSPS) is 10.3. The highest BCUT2D eigenvalue weighted by molar-refractivity contribution is 7.71. The average Bonchev–Trinajstić information content (AvgIpc) is 2.24. The lowest BCUT2D eigenvalue weighted by atomic mass is 10.1. The standard InChI is InChI=1S/C11H9FN2S/c1-7-10(13-6-14-11(7)15)8-2-4-9(12)5-3-8/h2-6H,1H3,(H,13,14,15). The summed E-state index contributed by atoms with van der Waals surface area (Å²) in [5.74, 6) is -0.246. The Bertz CT molecular complexity index is 531. The summed E-state index contributed by atoms with van der Waals surface area (Å²) in [6, 6.07) is 6.27. The molecule has 15 heavy (non-hydrogen) atoms. The predicted octanol–water partition coefficient (Wildman–Crippen LogP) is 3.25. The number of hydrogen-bond donors (Lipinski definition) is 1. The van der Waals surface area contributed by atoms with Gasteiger partial charge in [0.15, 0.2) is 0 Å². The quantitative estimate of drug-likeness (QED) is 0.747. The van der Waals surface area contributed by atoms with Crippen molar-refractivity contribution >= 4 is 12.2 Å². The van der Waals surface area contributed by atoms with Crippen LogP contribution in [-0.4, -0.2) is 9.97 Å². The zero-order valence-corrected chi connectivity index (χ0v) is 8.94. The first-order valence-corrected chi connectivity index (χ1v) is 4.89. The maximum atomic E-state index is 12.7. The van der Waals surface area contributed by atoms with Crippen molar-refractivity contribution in [2.45, 2.75) is 6.92 Å². The van der Waals surface area contributed by atoms with Crippen LogP contribution in [-0.2, 0) is 0 Å². The minimum Gasteiger partial charge on any atom is -0.346 e. The Kier molecular flexibility index (Phi) is 2.60. The second-order valence-corrected chi connectivity index (χ2v) is 3.60. The monoisotopic (exact) mass is 220 g/mol. The van der Waals surface area contributed by atoms with E-state index in [4.69, 9.17) is 12.2 Å². The first kappa shape index (κ1) is 9.98. The predicted molar refractivity (Wildman–Crippen MR) is 59.6 cm³/mol. The van der Waals surface area contributed by atoms with Gasteiger partial charge in [-0.15, -0.1) is 0 Å². The number of nitrogens with zero attached hydrogens (tertiary/aromatic N) is 1. The molecule has 76 valence electrons. The smallest absolute Gasteiger partial charge is 0.132 e. The molecule has 0 bridgehead atoms. The zero-order chi connectivity index (χ0) is 10.8. The van der Waals surface area contributed by atoms with Gasteiger partial charge in [0.1, 0.15) is 10.5 Å². The zero-order valence-electron chi connectivity index (χ0n) is 8.12. The third kappa shape index (κ3) is 1.94. The van der Waals surface area contributed by atoms with E-state index in [2.05, 4.69) is 9.97 Å². The van der Waals surface area contributed by atoms with Crippen LogP contribution in [0, 0.1) is 17.4 Å². The van der Waals surface area contributed by atoms with E-state index in [-0.39, 0.29) is 5.82 Å². The Morgan fingerprint density at radius 2 is 1.93 bits per heavy atom. The van der Waals surface area contributed by atoms with E-state index in [1.54, 1.807) is 18.5 Å². The van der Waals surface area contributed by atoms with Crippen molar-refractivity contribution in [3.05, 3.63) is 46.6 Å². The second-order valence-electron chi connectivity index (χ2n) is 3.21. The molecule has 2 nitrogen and oxygen atoms in total. The Hall–Kier alpha value is -1.55. The number of benzene rings is 1. The summed E-state index contributed by atoms with van der Waals surface area (Å²) in [5.41, 5.74) is 2.69. The van der Waals surface area contributed by atoms with Crippen molar-refractivity contribution in [1.82, 2.24) is 9.97 Å². The first-order valence-electron chi connectivity index (χ1n) is 4.48. The molecule has 1 aromatic heterocycles. The summed E-state index contributed by atoms with van der Waals surface area (Å²) in [7, 11) is 0. The summed E-state index contributed by atoms with van der Waals surface area (Å²) < 4.78 is 13.3. The molecule has 2 aromatic rings. The highest BCUT2D eigenvalue weighted by atomic mass is 32.1. The third-order valence-corrected chi connectivity index (χ3v) is 2.63. The molecule has 4 heteroatoms. The minimum absolute atomic E-state index is 0.246. The molecule has 0 unspecified atom stereocenters. The van der Waals surface area contributed by atoms with Crippen LogP contribution in [0.1, 0.15) is 5.56 Å². The van der Waals surface area contributed by atoms with E-state index < -0.39 is 0 Å². The summed E-state index contributed by atoms with van der Waals surface area (Å²) >= 11 is 5.06. The number of halogens is 1. The van der Waals surface area contributed by atoms with Crippen molar-refractivity contribution in [2.24, 2.45) is 0 Å². The number of aromatic nitrogens is 2. The fourth-order valence-electron chi connectivity index (χ4n) is 1.38. The fourth-order valence-corrected chi connectivity index (χ4v) is 1.54. The Morgan fingerprint density at radius 3 is 2.60 bits per heavy atom. The molecule has 1 aromatic carbocycles. The molecule has 0 aliphatic rings. The van der Waals surface area contributed by atoms with Gasteiger partial charge in [-0.1, -0.05) is 12.2 Å². The molecule has 0 fully saturated rings. The fraction of sp³-hybridized carbons (Fsp3) is 0.0909. The molecule has 0 spiro atoms. The summed E-state index contributed by atoms with van der Waals surface area (Å²) in [6.45, 7) is 1.89. The Balaban J connectivity index is 2.59. The largest absolute Gasteiger partial charge is 0.346 e. The van der Waals surface area contributed by atoms with Crippen LogP contribution in [0.5, 0.6) is 0 Å². The van der Waals surface area contributed by atoms with E-state index in [0.717, 1.165) is 16.8 Å². The maximum Gasteiger partial charge on any atom is 0.132 e. The number of H-pyrrole nitrogens is 1. The molecule has 1 N–H and O–H groups in total. The van der Waals surface area contributed by atoms with Gasteiger partial charge in [0, 0.05) is 5.56 Å². The van der Waals surface area contributed by atoms with Crippen LogP contribution in [0.25, 0.3) is 11.3 Å². The van der Waals surface area contributed by atoms with E-state index in [1.807, 2.05) is 6.92 Å². The van der Waals surface area contributed by atoms with Crippen LogP contribution in [0.2, 0.25) is 0 Å². The van der Waals surface area contributed by atoms with Crippen molar-refractivity contribution in [3.8, 4) is 11.3 Å². The molecule has 0 aliphatic carbocycles. The highest BCUT2D eigenvalue weighted by Gasteiger charge is 2.03. The van der Waals surface area contributed by atoms with Crippen molar-refractivity contribution < 1.29 is 4.39 Å². The van der Waals surface area contributed by atoms with Crippen LogP contribution in [0.4, 0.5) is 4.39 Å². The van der Waals surface area contributed by atoms with E-state index in [9.17, 15) is 4.39 Å². The van der Waals surface area contributed by atoms with E-state index >= 15 is 0 Å². The number of aromatic amines is 1. The average molecular weight is 220 g/mol. The molecule has 0 amide bonds. The molecule has 0 saturated heterocycles. The molecular weight excluding hydrogens is 211 g/mol. The van der Waals surface area contributed by atoms with Gasteiger partial charge in [0.25, 0.3) is 0 Å². The maximum absolute atomic E-state index is 12.7. The Labute approximate surface area is 91.8 Å². The van der Waals surface area contributed by atoms with Gasteiger partial charge in [-0.2, -0.15) is 0 Å². The van der Waals surface area contributed by atoms with Crippen LogP contribution in [0.3, 0.4) is 0 Å². The van der Waals surface area contributed by atoms with E-state index in [0.29, 0.717) is 4.64 Å². The molecule has 0 saturated carbocycles. The molecule has 0 radical (unpaired) electrons. The van der Waals surface area contributed by atoms with Gasteiger partial charge in [0.2, 0.25) is 0 Å². The lowest BCUT2D eigenvalue weighted by Crippen LogP contribution is -1.91. The summed E-state index contributed by atoms with van der Waals surface area (Å²) in [6.07, 6.45) is 1.55. The van der Waals surface area contributed by atoms with Crippen LogP contribution >= 0.6 is 12.2 Å². The minimum atomic E-state index is -0.246. The van der Waals surface area contributed by atoms with Gasteiger partial charge in [-0.05, 0) is 36.8 Å². The van der Waals surface area contributed by atoms with Gasteiger partial charge in [-0.3, -0.25) is 0 Å². The third-order valence-electron chi connectivity index (χ3n) is 2.22. The summed E-state index contributed by atoms with van der Waals surface area (Å²) in [5, 5.41) is 0. The molecule has 2 rings (SSSR count). The van der Waals surface area contributed by atoms with Gasteiger partial charge in [0.05, 0.1) is 12.0 Å². The molecule has 0 aliphatic heterocycles. The number of nitrogens with one attached hydrogen (secondary N) is 1. The van der Waals surface area contributed by atoms with Gasteiger partial charge < -0.3 is 4.98 Å². The molecule has 0 atom stereocenters. The number of rotatable bonds is 1. The summed E-state index contributed by atoms with van der Waals surface area (Å²) in [4.78, 5) is 6.98. The lowest BCUT2D eigenvalue weighted by Gasteiger charge is -2.04. The number of hydrogen-bond acceptors (Lipinski definition) is 2. The second kappa shape index (κ2) is 3.90. The Morgan fingerprint density at radius 1 is 1.27 bits per heavy atom. The van der Waals surface area contributed by atoms with E-state index in [1.165, 1.54) is 12.1 Å². The topological polar surface area (TPSA) is 28.7 Å². The van der Waals surface area contributed by atoms with Crippen molar-refractivity contribution in [3.63, 3.8) is 0 Å². The molecule has 1 heterocycles. The lowest BCUT2D eigenvalue weighted by molar-refractivity contribution is 0.628. The van der Waals surface area contributed by atoms with Crippen LogP contribution < -0.4 is 0 Å². The first-order chi connectivity index (χ1) is 7.18. The molecular formula is C11H9FN2S. The van der Waals surface area contributed by atoms with Gasteiger partial charge in [-0.25, -0.2) is 9.37 Å². The van der Waals surface area contributed by atoms with Crippen molar-refractivity contribution in [1.29, 1.82) is 0 Å². The van der Waals surface area contributed by atoms with Crippen molar-refractivity contribution in [2.75, 3.05) is 0 Å².